The molecule has 1 aromatic rings. The Morgan fingerprint density at radius 2 is 1.87 bits per heavy atom. The van der Waals surface area contributed by atoms with Gasteiger partial charge in [-0.3, -0.25) is 0 Å². The minimum Gasteiger partial charge on any atom is -0.387 e. The number of benzene rings is 1. The highest BCUT2D eigenvalue weighted by molar-refractivity contribution is 5.73. The first kappa shape index (κ1) is 16.3. The number of urea groups is 1. The summed E-state index contributed by atoms with van der Waals surface area (Å²) in [6, 6.07) is 9.21. The van der Waals surface area contributed by atoms with E-state index in [0.717, 1.165) is 18.7 Å². The lowest BCUT2D eigenvalue weighted by atomic mass is 10.1. The Morgan fingerprint density at radius 3 is 2.52 bits per heavy atom. The molecular formula is C18H27N3O2. The van der Waals surface area contributed by atoms with Crippen LogP contribution >= 0.6 is 0 Å². The largest absolute Gasteiger partial charge is 0.387 e. The van der Waals surface area contributed by atoms with Gasteiger partial charge in [0.2, 0.25) is 0 Å². The van der Waals surface area contributed by atoms with Crippen LogP contribution < -0.4 is 10.6 Å². The molecule has 126 valence electrons. The maximum Gasteiger partial charge on any atom is 0.314 e. The lowest BCUT2D eigenvalue weighted by molar-refractivity contribution is 0.172. The van der Waals surface area contributed by atoms with E-state index in [1.165, 1.54) is 38.8 Å². The Hall–Kier alpha value is -1.59. The molecular weight excluding hydrogens is 290 g/mol. The molecule has 1 aliphatic heterocycles. The van der Waals surface area contributed by atoms with Crippen molar-refractivity contribution in [2.24, 2.45) is 5.41 Å². The Labute approximate surface area is 138 Å². The van der Waals surface area contributed by atoms with E-state index in [-0.39, 0.29) is 12.6 Å². The SMILES string of the molecule is O=C(NCC(O)c1ccccc1)NCC1(CN2CCCC2)CC1. The highest BCUT2D eigenvalue weighted by Gasteiger charge is 2.44. The molecule has 1 aromatic carbocycles. The molecule has 0 radical (unpaired) electrons. The second-order valence-corrected chi connectivity index (χ2v) is 6.97. The van der Waals surface area contributed by atoms with Gasteiger partial charge in [0, 0.05) is 25.0 Å². The topological polar surface area (TPSA) is 64.6 Å². The molecule has 1 aliphatic carbocycles. The van der Waals surface area contributed by atoms with E-state index in [2.05, 4.69) is 15.5 Å². The summed E-state index contributed by atoms with van der Waals surface area (Å²) in [5, 5.41) is 15.8. The summed E-state index contributed by atoms with van der Waals surface area (Å²) < 4.78 is 0. The number of carbonyl (C=O) groups is 1. The minimum atomic E-state index is -0.665. The molecule has 1 heterocycles. The van der Waals surface area contributed by atoms with Crippen molar-refractivity contribution < 1.29 is 9.90 Å². The molecule has 3 rings (SSSR count). The number of aliphatic hydroxyl groups is 1. The molecule has 2 amide bonds. The minimum absolute atomic E-state index is 0.187. The summed E-state index contributed by atoms with van der Waals surface area (Å²) in [5.41, 5.74) is 1.11. The first-order chi connectivity index (χ1) is 11.2. The molecule has 0 aromatic heterocycles. The number of amides is 2. The Balaban J connectivity index is 1.36. The number of hydrogen-bond donors (Lipinski definition) is 3. The molecule has 1 atom stereocenters. The molecule has 2 fully saturated rings. The molecule has 1 saturated carbocycles. The number of nitrogens with zero attached hydrogens (tertiary/aromatic N) is 1. The van der Waals surface area contributed by atoms with E-state index in [9.17, 15) is 9.90 Å². The zero-order valence-electron chi connectivity index (χ0n) is 13.6. The lowest BCUT2D eigenvalue weighted by Crippen LogP contribution is -2.42. The third kappa shape index (κ3) is 4.69. The van der Waals surface area contributed by atoms with Crippen molar-refractivity contribution in [3.05, 3.63) is 35.9 Å². The first-order valence-corrected chi connectivity index (χ1v) is 8.64. The fraction of sp³-hybridized carbons (Fsp3) is 0.611. The third-order valence-electron chi connectivity index (χ3n) is 4.98. The van der Waals surface area contributed by atoms with Gasteiger partial charge in [0.25, 0.3) is 0 Å². The molecule has 1 unspecified atom stereocenters. The van der Waals surface area contributed by atoms with Crippen LogP contribution in [-0.4, -0.2) is 48.8 Å². The van der Waals surface area contributed by atoms with Crippen LogP contribution in [0.1, 0.15) is 37.4 Å². The Morgan fingerprint density at radius 1 is 1.17 bits per heavy atom. The standard InChI is InChI=1S/C18H27N3O2/c22-16(15-6-2-1-3-7-15)12-19-17(23)20-13-18(8-9-18)14-21-10-4-5-11-21/h1-3,6-7,16,22H,4-5,8-14H2,(H2,19,20,23). The van der Waals surface area contributed by atoms with Crippen molar-refractivity contribution in [3.8, 4) is 0 Å². The van der Waals surface area contributed by atoms with Crippen LogP contribution in [0.4, 0.5) is 4.79 Å². The number of rotatable bonds is 7. The van der Waals surface area contributed by atoms with Gasteiger partial charge >= 0.3 is 6.03 Å². The summed E-state index contributed by atoms with van der Waals surface area (Å²) in [6.45, 7) is 4.49. The van der Waals surface area contributed by atoms with Gasteiger partial charge < -0.3 is 20.6 Å². The van der Waals surface area contributed by atoms with Crippen LogP contribution in [0.2, 0.25) is 0 Å². The van der Waals surface area contributed by atoms with Crippen molar-refractivity contribution in [1.82, 2.24) is 15.5 Å². The van der Waals surface area contributed by atoms with Crippen molar-refractivity contribution in [3.63, 3.8) is 0 Å². The van der Waals surface area contributed by atoms with Crippen LogP contribution in [0.3, 0.4) is 0 Å². The van der Waals surface area contributed by atoms with Crippen molar-refractivity contribution in [2.45, 2.75) is 31.8 Å². The van der Waals surface area contributed by atoms with E-state index < -0.39 is 6.10 Å². The zero-order chi connectivity index (χ0) is 16.1. The van der Waals surface area contributed by atoms with Gasteiger partial charge in [-0.25, -0.2) is 4.79 Å². The maximum absolute atomic E-state index is 11.9. The van der Waals surface area contributed by atoms with Crippen LogP contribution in [0.5, 0.6) is 0 Å². The summed E-state index contributed by atoms with van der Waals surface area (Å²) in [5.74, 6) is 0. The summed E-state index contributed by atoms with van der Waals surface area (Å²) in [6.07, 6.45) is 4.36. The van der Waals surface area contributed by atoms with Gasteiger partial charge in [-0.2, -0.15) is 0 Å². The second-order valence-electron chi connectivity index (χ2n) is 6.97. The van der Waals surface area contributed by atoms with Gasteiger partial charge in [-0.1, -0.05) is 30.3 Å². The van der Waals surface area contributed by atoms with Gasteiger partial charge in [0.05, 0.1) is 6.10 Å². The van der Waals surface area contributed by atoms with E-state index in [1.54, 1.807) is 0 Å². The van der Waals surface area contributed by atoms with Crippen molar-refractivity contribution in [2.75, 3.05) is 32.7 Å². The monoisotopic (exact) mass is 317 g/mol. The first-order valence-electron chi connectivity index (χ1n) is 8.64. The van der Waals surface area contributed by atoms with Gasteiger partial charge in [0.1, 0.15) is 0 Å². The summed E-state index contributed by atoms with van der Waals surface area (Å²) in [7, 11) is 0. The number of likely N-dealkylation sites (tertiary alicyclic amines) is 1. The fourth-order valence-electron chi connectivity index (χ4n) is 3.30. The number of nitrogens with one attached hydrogen (secondary N) is 2. The predicted octanol–water partition coefficient (Wildman–Crippen LogP) is 1.90. The molecule has 0 spiro atoms. The van der Waals surface area contributed by atoms with Gasteiger partial charge in [-0.05, 0) is 44.3 Å². The predicted molar refractivity (Wildman–Crippen MR) is 90.1 cm³/mol. The number of hydrogen-bond acceptors (Lipinski definition) is 3. The molecule has 0 bridgehead atoms. The van der Waals surface area contributed by atoms with E-state index >= 15 is 0 Å². The Kier molecular flexibility index (Phi) is 5.18. The van der Waals surface area contributed by atoms with E-state index in [1.807, 2.05) is 30.3 Å². The Bertz CT molecular complexity index is 510. The fourth-order valence-corrected chi connectivity index (χ4v) is 3.30. The molecule has 5 nitrogen and oxygen atoms in total. The smallest absolute Gasteiger partial charge is 0.314 e. The van der Waals surface area contributed by atoms with E-state index in [0.29, 0.717) is 5.41 Å². The molecule has 5 heteroatoms. The average Bonchev–Trinajstić information content (AvgIpc) is 3.15. The van der Waals surface area contributed by atoms with Crippen LogP contribution in [0.15, 0.2) is 30.3 Å². The summed E-state index contributed by atoms with van der Waals surface area (Å²) in [4.78, 5) is 14.5. The van der Waals surface area contributed by atoms with Crippen LogP contribution in [-0.2, 0) is 0 Å². The van der Waals surface area contributed by atoms with Crippen molar-refractivity contribution >= 4 is 6.03 Å². The molecule has 23 heavy (non-hydrogen) atoms. The summed E-state index contributed by atoms with van der Waals surface area (Å²) >= 11 is 0. The van der Waals surface area contributed by atoms with Crippen molar-refractivity contribution in [1.29, 1.82) is 0 Å². The van der Waals surface area contributed by atoms with E-state index in [4.69, 9.17) is 0 Å². The molecule has 1 saturated heterocycles. The highest BCUT2D eigenvalue weighted by Crippen LogP contribution is 2.46. The second kappa shape index (κ2) is 7.32. The number of aliphatic hydroxyl groups excluding tert-OH is 1. The normalized spacial score (nSPS) is 20.9. The lowest BCUT2D eigenvalue weighted by Gasteiger charge is -2.23. The quantitative estimate of drug-likeness (QED) is 0.719. The average molecular weight is 317 g/mol. The molecule has 3 N–H and O–H groups in total. The van der Waals surface area contributed by atoms with Crippen LogP contribution in [0, 0.1) is 5.41 Å². The zero-order valence-corrected chi connectivity index (χ0v) is 13.6. The van der Waals surface area contributed by atoms with Gasteiger partial charge in [0.15, 0.2) is 0 Å². The number of carbonyl (C=O) groups excluding carboxylic acids is 1. The maximum atomic E-state index is 11.9. The van der Waals surface area contributed by atoms with Crippen LogP contribution in [0.25, 0.3) is 0 Å². The highest BCUT2D eigenvalue weighted by atomic mass is 16.3. The van der Waals surface area contributed by atoms with Gasteiger partial charge in [-0.15, -0.1) is 0 Å². The molecule has 2 aliphatic rings. The third-order valence-corrected chi connectivity index (χ3v) is 4.98.